The molecule has 3 rings (SSSR count). The molecule has 39 heavy (non-hydrogen) atoms. The molecular weight excluding hydrogens is 502 g/mol. The quantitative estimate of drug-likeness (QED) is 0.419. The molecule has 1 saturated heterocycles. The lowest BCUT2D eigenvalue weighted by molar-refractivity contribution is -0.171. The largest absolute Gasteiger partial charge is 0.508 e. The predicted molar refractivity (Wildman–Crippen MR) is 146 cm³/mol. The number of aromatic hydroxyl groups is 1. The number of urea groups is 1. The maximum Gasteiger partial charge on any atom is 0.334 e. The highest BCUT2D eigenvalue weighted by Crippen LogP contribution is 2.23. The van der Waals surface area contributed by atoms with Gasteiger partial charge in [0.1, 0.15) is 23.7 Å². The lowest BCUT2D eigenvalue weighted by Crippen LogP contribution is -2.70. The number of nitrogens with one attached hydrogen (secondary N) is 1. The number of carbonyl (C=O) groups excluding carboxylic acids is 3. The second kappa shape index (κ2) is 13.8. The fourth-order valence-electron chi connectivity index (χ4n) is 4.70. The van der Waals surface area contributed by atoms with E-state index in [1.807, 2.05) is 24.3 Å². The molecule has 1 heterocycles. The maximum atomic E-state index is 13.7. The van der Waals surface area contributed by atoms with E-state index in [4.69, 9.17) is 9.47 Å². The van der Waals surface area contributed by atoms with E-state index in [1.54, 1.807) is 69.4 Å². The Balaban J connectivity index is 1.82. The lowest BCUT2D eigenvalue weighted by Gasteiger charge is -2.49. The summed E-state index contributed by atoms with van der Waals surface area (Å²) in [6, 6.07) is 12.7. The van der Waals surface area contributed by atoms with Crippen molar-refractivity contribution in [2.45, 2.75) is 38.5 Å². The van der Waals surface area contributed by atoms with Crippen LogP contribution in [0, 0.1) is 0 Å². The average molecular weight is 542 g/mol. The highest BCUT2D eigenvalue weighted by atomic mass is 16.5. The van der Waals surface area contributed by atoms with Crippen LogP contribution in [-0.2, 0) is 27.3 Å². The first-order chi connectivity index (χ1) is 18.7. The van der Waals surface area contributed by atoms with Gasteiger partial charge in [0.25, 0.3) is 0 Å². The maximum absolute atomic E-state index is 13.7. The number of ether oxygens (including phenoxy) is 2. The molecule has 0 radical (unpaired) electrons. The van der Waals surface area contributed by atoms with E-state index in [1.165, 1.54) is 9.91 Å². The normalized spacial score (nSPS) is 16.6. The van der Waals surface area contributed by atoms with E-state index in [2.05, 4.69) is 5.32 Å². The van der Waals surface area contributed by atoms with Crippen molar-refractivity contribution in [3.63, 3.8) is 0 Å². The summed E-state index contributed by atoms with van der Waals surface area (Å²) in [5.41, 5.74) is 1.67. The zero-order valence-electron chi connectivity index (χ0n) is 23.3. The third-order valence-electron chi connectivity index (χ3n) is 6.79. The Morgan fingerprint density at radius 1 is 1.10 bits per heavy atom. The number of methoxy groups -OCH3 is 2. The molecule has 1 aliphatic heterocycles. The first-order valence-corrected chi connectivity index (χ1v) is 12.9. The van der Waals surface area contributed by atoms with Crippen LogP contribution in [0.1, 0.15) is 24.5 Å². The van der Waals surface area contributed by atoms with E-state index >= 15 is 0 Å². The van der Waals surface area contributed by atoms with Crippen molar-refractivity contribution < 1.29 is 29.0 Å². The molecule has 0 unspecified atom stereocenters. The van der Waals surface area contributed by atoms with Gasteiger partial charge in [-0.1, -0.05) is 24.3 Å². The van der Waals surface area contributed by atoms with Gasteiger partial charge in [0, 0.05) is 47.3 Å². The number of carbonyl (C=O) groups is 3. The van der Waals surface area contributed by atoms with Crippen LogP contribution < -0.4 is 10.1 Å². The molecule has 2 aromatic rings. The second-order valence-corrected chi connectivity index (χ2v) is 9.59. The smallest absolute Gasteiger partial charge is 0.334 e. The Hall–Kier alpha value is -3.83. The van der Waals surface area contributed by atoms with Crippen molar-refractivity contribution in [2.75, 3.05) is 48.0 Å². The number of hydrogen-bond donors (Lipinski definition) is 2. The van der Waals surface area contributed by atoms with Crippen molar-refractivity contribution in [3.8, 4) is 11.5 Å². The Morgan fingerprint density at radius 2 is 1.74 bits per heavy atom. The van der Waals surface area contributed by atoms with Crippen LogP contribution >= 0.6 is 0 Å². The van der Waals surface area contributed by atoms with Gasteiger partial charge < -0.3 is 29.7 Å². The number of amides is 4. The molecule has 1 fully saturated rings. The summed E-state index contributed by atoms with van der Waals surface area (Å²) in [4.78, 5) is 43.5. The predicted octanol–water partition coefficient (Wildman–Crippen LogP) is 2.05. The zero-order chi connectivity index (χ0) is 28.5. The first kappa shape index (κ1) is 29.7. The minimum atomic E-state index is -0.852. The van der Waals surface area contributed by atoms with Crippen LogP contribution in [-0.4, -0.2) is 103 Å². The number of hydrazine groups is 1. The van der Waals surface area contributed by atoms with Crippen LogP contribution in [0.25, 0.3) is 0 Å². The molecule has 11 nitrogen and oxygen atoms in total. The Kier molecular flexibility index (Phi) is 10.5. The van der Waals surface area contributed by atoms with Crippen molar-refractivity contribution in [3.05, 3.63) is 59.7 Å². The molecule has 2 N–H and O–H groups in total. The zero-order valence-corrected chi connectivity index (χ0v) is 23.3. The SMILES string of the molecule is COCCCN(C)C(=O)[C@H](Cc1ccc(O)cc1)N1C(=O)CN(C)N(C(=O)NCc2ccc(OC)cc2)[C@H]1C. The minimum absolute atomic E-state index is 0.0625. The fraction of sp³-hybridized carbons (Fsp3) is 0.464. The standard InChI is InChI=1S/C28H39N5O6/c1-20-32(25(17-21-7-11-23(34)12-8-21)27(36)30(2)15-6-16-38-4)26(35)19-31(3)33(20)28(37)29-18-22-9-13-24(39-5)14-10-22/h7-14,20,25,34H,6,15-19H2,1-5H3,(H,29,37)/t20-,25-/m0/s1. The van der Waals surface area contributed by atoms with Gasteiger partial charge in [-0.3, -0.25) is 9.59 Å². The third-order valence-corrected chi connectivity index (χ3v) is 6.79. The number of phenols is 1. The van der Waals surface area contributed by atoms with Gasteiger partial charge in [-0.2, -0.15) is 0 Å². The van der Waals surface area contributed by atoms with Gasteiger partial charge in [-0.25, -0.2) is 14.8 Å². The summed E-state index contributed by atoms with van der Waals surface area (Å²) < 4.78 is 10.3. The number of nitrogens with zero attached hydrogens (tertiary/aromatic N) is 4. The third kappa shape index (κ3) is 7.61. The average Bonchev–Trinajstić information content (AvgIpc) is 2.92. The molecular formula is C28H39N5O6. The molecule has 0 saturated carbocycles. The van der Waals surface area contributed by atoms with Gasteiger partial charge in [0.05, 0.1) is 13.7 Å². The van der Waals surface area contributed by atoms with Crippen molar-refractivity contribution >= 4 is 17.8 Å². The monoisotopic (exact) mass is 541 g/mol. The molecule has 2 aromatic carbocycles. The van der Waals surface area contributed by atoms with E-state index in [9.17, 15) is 19.5 Å². The topological polar surface area (TPSA) is 115 Å². The second-order valence-electron chi connectivity index (χ2n) is 9.59. The van der Waals surface area contributed by atoms with Crippen LogP contribution in [0.5, 0.6) is 11.5 Å². The summed E-state index contributed by atoms with van der Waals surface area (Å²) in [6.07, 6.45) is 0.150. The molecule has 0 aromatic heterocycles. The number of benzene rings is 2. The Labute approximate surface area is 229 Å². The summed E-state index contributed by atoms with van der Waals surface area (Å²) >= 11 is 0. The van der Waals surface area contributed by atoms with Crippen molar-refractivity contribution in [1.29, 1.82) is 0 Å². The number of hydrogen-bond acceptors (Lipinski definition) is 7. The molecule has 1 aliphatic rings. The molecule has 0 aliphatic carbocycles. The fourth-order valence-corrected chi connectivity index (χ4v) is 4.70. The van der Waals surface area contributed by atoms with E-state index in [0.717, 1.165) is 16.9 Å². The van der Waals surface area contributed by atoms with Gasteiger partial charge in [-0.15, -0.1) is 0 Å². The number of likely N-dealkylation sites (N-methyl/N-ethyl adjacent to an activating group) is 2. The van der Waals surface area contributed by atoms with Crippen LogP contribution in [0.15, 0.2) is 48.5 Å². The summed E-state index contributed by atoms with van der Waals surface area (Å²) in [6.45, 7) is 2.93. The molecule has 2 atom stereocenters. The first-order valence-electron chi connectivity index (χ1n) is 12.9. The van der Waals surface area contributed by atoms with Gasteiger partial charge in [0.15, 0.2) is 0 Å². The summed E-state index contributed by atoms with van der Waals surface area (Å²) in [5.74, 6) is 0.344. The molecule has 212 valence electrons. The van der Waals surface area contributed by atoms with Crippen molar-refractivity contribution in [2.24, 2.45) is 0 Å². The summed E-state index contributed by atoms with van der Waals surface area (Å²) in [5, 5.41) is 15.7. The highest BCUT2D eigenvalue weighted by Gasteiger charge is 2.43. The van der Waals surface area contributed by atoms with Crippen LogP contribution in [0.2, 0.25) is 0 Å². The Morgan fingerprint density at radius 3 is 2.36 bits per heavy atom. The van der Waals surface area contributed by atoms with E-state index in [-0.39, 0.29) is 43.1 Å². The van der Waals surface area contributed by atoms with E-state index in [0.29, 0.717) is 19.6 Å². The van der Waals surface area contributed by atoms with Crippen LogP contribution in [0.3, 0.4) is 0 Å². The molecule has 4 amide bonds. The van der Waals surface area contributed by atoms with E-state index < -0.39 is 12.2 Å². The highest BCUT2D eigenvalue weighted by molar-refractivity contribution is 5.90. The molecule has 0 bridgehead atoms. The van der Waals surface area contributed by atoms with Crippen molar-refractivity contribution in [1.82, 2.24) is 25.1 Å². The van der Waals surface area contributed by atoms with Crippen LogP contribution in [0.4, 0.5) is 4.79 Å². The van der Waals surface area contributed by atoms with Gasteiger partial charge in [0.2, 0.25) is 11.8 Å². The molecule has 11 heteroatoms. The molecule has 0 spiro atoms. The number of phenolic OH excluding ortho intramolecular Hbond substituents is 1. The number of rotatable bonds is 11. The lowest BCUT2D eigenvalue weighted by atomic mass is 10.0. The minimum Gasteiger partial charge on any atom is -0.508 e. The summed E-state index contributed by atoms with van der Waals surface area (Å²) in [7, 11) is 6.57. The van der Waals surface area contributed by atoms with Gasteiger partial charge >= 0.3 is 6.03 Å². The van der Waals surface area contributed by atoms with Gasteiger partial charge in [-0.05, 0) is 48.7 Å². The Bertz CT molecular complexity index is 1110.